The Balaban J connectivity index is 3.59. The fourth-order valence-electron chi connectivity index (χ4n) is 1.19. The normalized spacial score (nSPS) is 16.7. The Morgan fingerprint density at radius 3 is 2.21 bits per heavy atom. The first-order valence-electron chi connectivity index (χ1n) is 5.36. The number of rotatable bonds is 6. The fourth-order valence-corrected chi connectivity index (χ4v) is 2.03. The first-order valence-corrected chi connectivity index (χ1v) is 6.34. The molecule has 0 saturated carbocycles. The van der Waals surface area contributed by atoms with E-state index in [0.717, 1.165) is 12.2 Å². The highest BCUT2D eigenvalue weighted by Gasteiger charge is 2.13. The number of aliphatic hydroxyl groups is 1. The summed E-state index contributed by atoms with van der Waals surface area (Å²) in [6, 6.07) is 0.927. The van der Waals surface area contributed by atoms with Crippen LogP contribution in [0.25, 0.3) is 0 Å². The minimum absolute atomic E-state index is 0.271. The minimum atomic E-state index is 0.271. The zero-order chi connectivity index (χ0) is 11.2. The van der Waals surface area contributed by atoms with Gasteiger partial charge < -0.3 is 10.4 Å². The molecule has 86 valence electrons. The van der Waals surface area contributed by atoms with Crippen LogP contribution in [-0.2, 0) is 0 Å². The lowest BCUT2D eigenvalue weighted by molar-refractivity contribution is 0.266. The van der Waals surface area contributed by atoms with E-state index in [9.17, 15) is 0 Å². The van der Waals surface area contributed by atoms with Gasteiger partial charge in [-0.25, -0.2) is 0 Å². The van der Waals surface area contributed by atoms with Gasteiger partial charge in [0.05, 0.1) is 0 Å². The molecule has 0 aliphatic rings. The molecule has 2 atom stereocenters. The molecule has 2 unspecified atom stereocenters. The van der Waals surface area contributed by atoms with E-state index in [1.54, 1.807) is 0 Å². The van der Waals surface area contributed by atoms with Gasteiger partial charge in [-0.2, -0.15) is 11.8 Å². The highest BCUT2D eigenvalue weighted by Crippen LogP contribution is 2.23. The third kappa shape index (κ3) is 8.85. The van der Waals surface area contributed by atoms with Crippen LogP contribution in [0.5, 0.6) is 0 Å². The van der Waals surface area contributed by atoms with Gasteiger partial charge >= 0.3 is 0 Å². The molecule has 0 spiro atoms. The van der Waals surface area contributed by atoms with E-state index in [1.165, 1.54) is 0 Å². The number of hydrogen-bond acceptors (Lipinski definition) is 3. The summed E-state index contributed by atoms with van der Waals surface area (Å²) in [5.74, 6) is 1.12. The van der Waals surface area contributed by atoms with Crippen LogP contribution in [0.2, 0.25) is 0 Å². The molecule has 2 N–H and O–H groups in total. The van der Waals surface area contributed by atoms with Crippen LogP contribution in [0.3, 0.4) is 0 Å². The van der Waals surface area contributed by atoms with Gasteiger partial charge in [0, 0.05) is 29.2 Å². The van der Waals surface area contributed by atoms with Crippen LogP contribution in [0.15, 0.2) is 0 Å². The Morgan fingerprint density at radius 2 is 1.79 bits per heavy atom. The van der Waals surface area contributed by atoms with Gasteiger partial charge in [-0.1, -0.05) is 20.8 Å². The van der Waals surface area contributed by atoms with Gasteiger partial charge in [0.2, 0.25) is 0 Å². The summed E-state index contributed by atoms with van der Waals surface area (Å²) in [5, 5.41) is 12.2. The molecule has 0 aromatic carbocycles. The number of aliphatic hydroxyl groups excluding tert-OH is 1. The first kappa shape index (κ1) is 14.3. The first-order chi connectivity index (χ1) is 6.35. The van der Waals surface area contributed by atoms with Crippen molar-refractivity contribution in [2.75, 3.05) is 12.4 Å². The topological polar surface area (TPSA) is 32.3 Å². The van der Waals surface area contributed by atoms with Crippen molar-refractivity contribution in [1.29, 1.82) is 0 Å². The Labute approximate surface area is 92.9 Å². The minimum Gasteiger partial charge on any atom is -0.396 e. The summed E-state index contributed by atoms with van der Waals surface area (Å²) in [6.07, 6.45) is 0.838. The SMILES string of the molecule is CC(CCO)NC(C)CSC(C)(C)C. The van der Waals surface area contributed by atoms with Crippen molar-refractivity contribution >= 4 is 11.8 Å². The highest BCUT2D eigenvalue weighted by molar-refractivity contribution is 8.00. The van der Waals surface area contributed by atoms with Gasteiger partial charge in [-0.3, -0.25) is 0 Å². The molecule has 0 aromatic rings. The van der Waals surface area contributed by atoms with Crippen molar-refractivity contribution in [3.63, 3.8) is 0 Å². The summed E-state index contributed by atoms with van der Waals surface area (Å²) in [5.41, 5.74) is 0. The van der Waals surface area contributed by atoms with Crippen molar-refractivity contribution < 1.29 is 5.11 Å². The number of thioether (sulfide) groups is 1. The summed E-state index contributed by atoms with van der Waals surface area (Å²) in [7, 11) is 0. The average molecular weight is 219 g/mol. The molecule has 0 fully saturated rings. The van der Waals surface area contributed by atoms with Gasteiger partial charge in [-0.05, 0) is 20.3 Å². The molecule has 0 aromatic heterocycles. The predicted molar refractivity (Wildman–Crippen MR) is 66.0 cm³/mol. The summed E-state index contributed by atoms with van der Waals surface area (Å²) in [4.78, 5) is 0. The quantitative estimate of drug-likeness (QED) is 0.719. The molecule has 3 heteroatoms. The predicted octanol–water partition coefficient (Wildman–Crippen LogP) is 2.27. The van der Waals surface area contributed by atoms with Gasteiger partial charge in [0.1, 0.15) is 0 Å². The lowest BCUT2D eigenvalue weighted by Gasteiger charge is -2.23. The summed E-state index contributed by atoms with van der Waals surface area (Å²) < 4.78 is 0.343. The van der Waals surface area contributed by atoms with Crippen LogP contribution >= 0.6 is 11.8 Å². The molecule has 0 aliphatic carbocycles. The van der Waals surface area contributed by atoms with E-state index in [0.29, 0.717) is 16.8 Å². The molecule has 2 nitrogen and oxygen atoms in total. The molecule has 0 heterocycles. The molecular weight excluding hydrogens is 194 g/mol. The Kier molecular flexibility index (Phi) is 6.83. The van der Waals surface area contributed by atoms with Crippen LogP contribution in [0.1, 0.15) is 41.0 Å². The Bertz CT molecular complexity index is 145. The van der Waals surface area contributed by atoms with Crippen LogP contribution in [-0.4, -0.2) is 34.3 Å². The number of nitrogens with one attached hydrogen (secondary N) is 1. The largest absolute Gasteiger partial charge is 0.396 e. The van der Waals surface area contributed by atoms with Crippen molar-refractivity contribution in [2.45, 2.75) is 57.9 Å². The molecule has 0 amide bonds. The van der Waals surface area contributed by atoms with E-state index in [4.69, 9.17) is 5.11 Å². The lowest BCUT2D eigenvalue weighted by Crippen LogP contribution is -2.37. The third-order valence-electron chi connectivity index (χ3n) is 1.90. The molecule has 14 heavy (non-hydrogen) atoms. The van der Waals surface area contributed by atoms with Crippen molar-refractivity contribution in [3.05, 3.63) is 0 Å². The smallest absolute Gasteiger partial charge is 0.0445 e. The maximum absolute atomic E-state index is 8.76. The maximum atomic E-state index is 8.76. The van der Waals surface area contributed by atoms with E-state index in [1.807, 2.05) is 11.8 Å². The molecule has 0 aliphatic heterocycles. The summed E-state index contributed by atoms with van der Waals surface area (Å²) in [6.45, 7) is 11.3. The lowest BCUT2D eigenvalue weighted by atomic mass is 10.2. The van der Waals surface area contributed by atoms with Crippen LogP contribution < -0.4 is 5.32 Å². The van der Waals surface area contributed by atoms with E-state index >= 15 is 0 Å². The Morgan fingerprint density at radius 1 is 1.21 bits per heavy atom. The zero-order valence-electron chi connectivity index (χ0n) is 10.1. The van der Waals surface area contributed by atoms with Crippen LogP contribution in [0, 0.1) is 0 Å². The van der Waals surface area contributed by atoms with Crippen molar-refractivity contribution in [3.8, 4) is 0 Å². The van der Waals surface area contributed by atoms with E-state index in [-0.39, 0.29) is 6.61 Å². The van der Waals surface area contributed by atoms with Gasteiger partial charge in [0.15, 0.2) is 0 Å². The molecule has 0 saturated heterocycles. The summed E-state index contributed by atoms with van der Waals surface area (Å²) >= 11 is 1.98. The molecule has 0 radical (unpaired) electrons. The average Bonchev–Trinajstić information content (AvgIpc) is 2.00. The van der Waals surface area contributed by atoms with E-state index in [2.05, 4.69) is 39.9 Å². The van der Waals surface area contributed by atoms with E-state index < -0.39 is 0 Å². The van der Waals surface area contributed by atoms with Crippen LogP contribution in [0.4, 0.5) is 0 Å². The fraction of sp³-hybridized carbons (Fsp3) is 1.00. The molecule has 0 bridgehead atoms. The third-order valence-corrected chi connectivity index (χ3v) is 3.43. The Hall–Kier alpha value is 0.270. The van der Waals surface area contributed by atoms with Gasteiger partial charge in [0.25, 0.3) is 0 Å². The second-order valence-corrected chi connectivity index (χ2v) is 6.75. The number of hydrogen-bond donors (Lipinski definition) is 2. The zero-order valence-corrected chi connectivity index (χ0v) is 10.9. The van der Waals surface area contributed by atoms with Gasteiger partial charge in [-0.15, -0.1) is 0 Å². The standard InChI is InChI=1S/C11H25NOS/c1-9(6-7-13)12-10(2)8-14-11(3,4)5/h9-10,12-13H,6-8H2,1-5H3. The monoisotopic (exact) mass is 219 g/mol. The maximum Gasteiger partial charge on any atom is 0.0445 e. The van der Waals surface area contributed by atoms with Crippen molar-refractivity contribution in [1.82, 2.24) is 5.32 Å². The molecular formula is C11H25NOS. The highest BCUT2D eigenvalue weighted by atomic mass is 32.2. The second kappa shape index (κ2) is 6.70. The molecule has 0 rings (SSSR count). The second-order valence-electron chi connectivity index (χ2n) is 4.90. The van der Waals surface area contributed by atoms with Crippen molar-refractivity contribution in [2.24, 2.45) is 0 Å².